The lowest BCUT2D eigenvalue weighted by Gasteiger charge is -2.36. The number of piperazine rings is 1. The number of pyridine rings is 3. The molecule has 8 nitrogen and oxygen atoms in total. The van der Waals surface area contributed by atoms with E-state index in [4.69, 9.17) is 16.6 Å². The molecule has 0 unspecified atom stereocenters. The second-order valence-corrected chi connectivity index (χ2v) is 11.5. The second kappa shape index (κ2) is 12.0. The van der Waals surface area contributed by atoms with Gasteiger partial charge in [-0.05, 0) is 53.8 Å². The van der Waals surface area contributed by atoms with Crippen LogP contribution in [0.25, 0.3) is 28.0 Å². The van der Waals surface area contributed by atoms with Gasteiger partial charge < -0.3 is 9.80 Å². The first-order valence-electron chi connectivity index (χ1n) is 14.2. The van der Waals surface area contributed by atoms with Crippen LogP contribution in [0.1, 0.15) is 56.4 Å². The van der Waals surface area contributed by atoms with Crippen molar-refractivity contribution in [1.29, 1.82) is 5.26 Å². The number of hydrogen-bond acceptors (Lipinski definition) is 6. The third-order valence-electron chi connectivity index (χ3n) is 7.77. The highest BCUT2D eigenvalue weighted by Crippen LogP contribution is 2.36. The van der Waals surface area contributed by atoms with Crippen molar-refractivity contribution in [2.24, 2.45) is 0 Å². The minimum absolute atomic E-state index is 0.0336. The molecule has 0 aliphatic carbocycles. The monoisotopic (exact) mass is 598 g/mol. The lowest BCUT2D eigenvalue weighted by atomic mass is 9.96. The van der Waals surface area contributed by atoms with Crippen LogP contribution in [0.4, 0.5) is 10.1 Å². The van der Waals surface area contributed by atoms with Gasteiger partial charge in [0.1, 0.15) is 17.3 Å². The van der Waals surface area contributed by atoms with E-state index in [1.54, 1.807) is 35.4 Å². The molecular formula is C33H32ClFN6O2. The lowest BCUT2D eigenvalue weighted by Crippen LogP contribution is -2.48. The van der Waals surface area contributed by atoms with E-state index in [0.29, 0.717) is 48.6 Å². The Hall–Kier alpha value is -4.55. The maximum Gasteiger partial charge on any atom is 0.274 e. The third kappa shape index (κ3) is 5.39. The van der Waals surface area contributed by atoms with E-state index in [2.05, 4.69) is 11.6 Å². The molecule has 43 heavy (non-hydrogen) atoms. The fourth-order valence-electron chi connectivity index (χ4n) is 5.55. The predicted molar refractivity (Wildman–Crippen MR) is 167 cm³/mol. The van der Waals surface area contributed by atoms with E-state index in [1.807, 2.05) is 44.7 Å². The number of amides is 1. The Morgan fingerprint density at radius 3 is 2.47 bits per heavy atom. The molecule has 5 rings (SSSR count). The maximum absolute atomic E-state index is 16.2. The third-order valence-corrected chi connectivity index (χ3v) is 8.05. The van der Waals surface area contributed by atoms with Crippen molar-refractivity contribution in [2.45, 2.75) is 39.5 Å². The number of benzene rings is 1. The summed E-state index contributed by atoms with van der Waals surface area (Å²) in [7, 11) is 0. The molecule has 4 aromatic rings. The molecule has 220 valence electrons. The molecular weight excluding hydrogens is 567 g/mol. The maximum atomic E-state index is 16.2. The van der Waals surface area contributed by atoms with Crippen molar-refractivity contribution >= 4 is 34.2 Å². The van der Waals surface area contributed by atoms with Gasteiger partial charge in [-0.1, -0.05) is 51.9 Å². The molecule has 0 saturated carbocycles. The Labute approximate surface area is 254 Å². The number of aromatic nitrogens is 3. The molecule has 1 aliphatic heterocycles. The average molecular weight is 599 g/mol. The smallest absolute Gasteiger partial charge is 0.274 e. The molecule has 0 spiro atoms. The number of halogens is 2. The van der Waals surface area contributed by atoms with Crippen molar-refractivity contribution in [1.82, 2.24) is 19.4 Å². The molecule has 0 N–H and O–H groups in total. The van der Waals surface area contributed by atoms with Crippen LogP contribution in [-0.2, 0) is 4.79 Å². The van der Waals surface area contributed by atoms with E-state index < -0.39 is 11.4 Å². The van der Waals surface area contributed by atoms with Crippen LogP contribution in [0.3, 0.4) is 0 Å². The standard InChI is InChI=1S/C33H32ClFN6O2/c1-6-27(42)40-14-12-39(13-15-40)26-9-7-8-24(28(26)35)30-25(34)17-21-16-22(18-36)33(43)41(32(21)38-30)31-23(19(2)3)10-11-37-29(31)20(4)5/h6-11,16-17,19-20H,1,12-15H2,2-5H3. The quantitative estimate of drug-likeness (QED) is 0.246. The zero-order chi connectivity index (χ0) is 31.0. The molecule has 10 heteroatoms. The van der Waals surface area contributed by atoms with E-state index in [9.17, 15) is 14.9 Å². The molecule has 0 bridgehead atoms. The van der Waals surface area contributed by atoms with Crippen LogP contribution in [0.5, 0.6) is 0 Å². The van der Waals surface area contributed by atoms with Crippen LogP contribution in [0.2, 0.25) is 5.02 Å². The molecule has 3 aromatic heterocycles. The Morgan fingerprint density at radius 1 is 1.12 bits per heavy atom. The van der Waals surface area contributed by atoms with Crippen molar-refractivity contribution in [3.63, 3.8) is 0 Å². The van der Waals surface area contributed by atoms with Crippen LogP contribution in [0, 0.1) is 17.1 Å². The number of carbonyl (C=O) groups excluding carboxylic acids is 1. The van der Waals surface area contributed by atoms with Crippen LogP contribution in [0.15, 0.2) is 60.0 Å². The largest absolute Gasteiger partial charge is 0.366 e. The number of nitriles is 1. The Kier molecular flexibility index (Phi) is 8.34. The van der Waals surface area contributed by atoms with Gasteiger partial charge in [-0.2, -0.15) is 5.26 Å². The number of anilines is 1. The molecule has 1 fully saturated rings. The number of fused-ring (bicyclic) bond motifs is 1. The van der Waals surface area contributed by atoms with Crippen molar-refractivity contribution in [3.05, 3.63) is 93.3 Å². The minimum Gasteiger partial charge on any atom is -0.366 e. The minimum atomic E-state index is -0.534. The number of carbonyl (C=O) groups is 1. The van der Waals surface area contributed by atoms with Gasteiger partial charge in [-0.15, -0.1) is 0 Å². The number of nitrogens with zero attached hydrogens (tertiary/aromatic N) is 6. The van der Waals surface area contributed by atoms with Gasteiger partial charge in [0.05, 0.1) is 27.8 Å². The summed E-state index contributed by atoms with van der Waals surface area (Å²) in [5.74, 6) is -0.660. The van der Waals surface area contributed by atoms with Gasteiger partial charge in [-0.25, -0.2) is 9.37 Å². The summed E-state index contributed by atoms with van der Waals surface area (Å²) >= 11 is 6.74. The topological polar surface area (TPSA) is 95.1 Å². The first-order chi connectivity index (χ1) is 20.6. The van der Waals surface area contributed by atoms with Crippen molar-refractivity contribution < 1.29 is 9.18 Å². The first-order valence-corrected chi connectivity index (χ1v) is 14.6. The van der Waals surface area contributed by atoms with Crippen molar-refractivity contribution in [3.8, 4) is 23.0 Å². The summed E-state index contributed by atoms with van der Waals surface area (Å²) in [6.07, 6.45) is 3.00. The highest BCUT2D eigenvalue weighted by Gasteiger charge is 2.26. The first kappa shape index (κ1) is 29.9. The zero-order valence-corrected chi connectivity index (χ0v) is 25.3. The van der Waals surface area contributed by atoms with Gasteiger partial charge in [0, 0.05) is 43.3 Å². The number of hydrogen-bond donors (Lipinski definition) is 0. The summed E-state index contributed by atoms with van der Waals surface area (Å²) in [4.78, 5) is 38.9. The number of rotatable bonds is 6. The lowest BCUT2D eigenvalue weighted by molar-refractivity contribution is -0.126. The Balaban J connectivity index is 1.73. The molecule has 4 heterocycles. The Morgan fingerprint density at radius 2 is 1.84 bits per heavy atom. The average Bonchev–Trinajstić information content (AvgIpc) is 3.00. The predicted octanol–water partition coefficient (Wildman–Crippen LogP) is 6.19. The normalized spacial score (nSPS) is 13.6. The molecule has 0 atom stereocenters. The van der Waals surface area contributed by atoms with Gasteiger partial charge in [0.15, 0.2) is 5.82 Å². The fourth-order valence-corrected chi connectivity index (χ4v) is 5.81. The van der Waals surface area contributed by atoms with Crippen molar-refractivity contribution in [2.75, 3.05) is 31.1 Å². The van der Waals surface area contributed by atoms with Gasteiger partial charge in [0.2, 0.25) is 5.91 Å². The van der Waals surface area contributed by atoms with E-state index in [1.165, 1.54) is 16.7 Å². The zero-order valence-electron chi connectivity index (χ0n) is 24.6. The van der Waals surface area contributed by atoms with Crippen LogP contribution < -0.4 is 10.5 Å². The van der Waals surface area contributed by atoms with E-state index >= 15 is 4.39 Å². The second-order valence-electron chi connectivity index (χ2n) is 11.1. The summed E-state index contributed by atoms with van der Waals surface area (Å²) in [6, 6.07) is 12.0. The highest BCUT2D eigenvalue weighted by molar-refractivity contribution is 6.33. The summed E-state index contributed by atoms with van der Waals surface area (Å²) in [5.41, 5.74) is 2.51. The SMILES string of the molecule is C=CC(=O)N1CCN(c2cccc(-c3nc4c(cc3Cl)cc(C#N)c(=O)n4-c3c(C(C)C)ccnc3C(C)C)c2F)CC1. The van der Waals surface area contributed by atoms with Gasteiger partial charge in [-0.3, -0.25) is 19.1 Å². The summed E-state index contributed by atoms with van der Waals surface area (Å²) < 4.78 is 17.7. The van der Waals surface area contributed by atoms with Gasteiger partial charge >= 0.3 is 0 Å². The fraction of sp³-hybridized carbons (Fsp3) is 0.303. The summed E-state index contributed by atoms with van der Waals surface area (Å²) in [6.45, 7) is 13.3. The van der Waals surface area contributed by atoms with Crippen LogP contribution >= 0.6 is 11.6 Å². The molecule has 1 saturated heterocycles. The van der Waals surface area contributed by atoms with Gasteiger partial charge in [0.25, 0.3) is 5.56 Å². The summed E-state index contributed by atoms with van der Waals surface area (Å²) in [5, 5.41) is 10.5. The molecule has 1 aromatic carbocycles. The molecule has 1 amide bonds. The molecule has 0 radical (unpaired) electrons. The highest BCUT2D eigenvalue weighted by atomic mass is 35.5. The van der Waals surface area contributed by atoms with Crippen LogP contribution in [-0.4, -0.2) is 51.5 Å². The Bertz CT molecular complexity index is 1830. The van der Waals surface area contributed by atoms with E-state index in [-0.39, 0.29) is 45.2 Å². The van der Waals surface area contributed by atoms with E-state index in [0.717, 1.165) is 5.56 Å². The molecule has 1 aliphatic rings.